The van der Waals surface area contributed by atoms with E-state index in [9.17, 15) is 15.4 Å². The van der Waals surface area contributed by atoms with Gasteiger partial charge >= 0.3 is 5.69 Å². The summed E-state index contributed by atoms with van der Waals surface area (Å²) >= 11 is 1.34. The van der Waals surface area contributed by atoms with Crippen molar-refractivity contribution in [1.29, 1.82) is 5.26 Å². The van der Waals surface area contributed by atoms with Gasteiger partial charge in [0.25, 0.3) is 0 Å². The van der Waals surface area contributed by atoms with E-state index in [2.05, 4.69) is 11.1 Å². The lowest BCUT2D eigenvalue weighted by Crippen LogP contribution is -2.03. The van der Waals surface area contributed by atoms with Gasteiger partial charge in [-0.3, -0.25) is 10.1 Å². The Labute approximate surface area is 178 Å². The Balaban J connectivity index is 2.01. The Morgan fingerprint density at radius 1 is 1.33 bits per heavy atom. The number of hydrogen-bond acceptors (Lipinski definition) is 7. The van der Waals surface area contributed by atoms with Crippen molar-refractivity contribution < 1.29 is 14.4 Å². The van der Waals surface area contributed by atoms with E-state index in [1.54, 1.807) is 12.1 Å². The predicted molar refractivity (Wildman–Crippen MR) is 115 cm³/mol. The molecule has 0 aliphatic heterocycles. The lowest BCUT2D eigenvalue weighted by Gasteiger charge is -2.13. The fraction of sp³-hybridized carbons (Fsp3) is 0.182. The minimum atomic E-state index is -0.521. The summed E-state index contributed by atoms with van der Waals surface area (Å²) in [5.41, 5.74) is 3.28. The molecule has 152 valence electrons. The first-order valence-corrected chi connectivity index (χ1v) is 9.89. The van der Waals surface area contributed by atoms with Crippen LogP contribution >= 0.6 is 11.3 Å². The first-order chi connectivity index (χ1) is 14.4. The van der Waals surface area contributed by atoms with Crippen LogP contribution in [0.3, 0.4) is 0 Å². The molecule has 0 saturated carbocycles. The van der Waals surface area contributed by atoms with Crippen molar-refractivity contribution in [3.63, 3.8) is 0 Å². The maximum Gasteiger partial charge on any atom is 0.315 e. The third-order valence-electron chi connectivity index (χ3n) is 4.39. The number of rotatable bonds is 7. The van der Waals surface area contributed by atoms with Crippen LogP contribution in [-0.4, -0.2) is 17.0 Å². The van der Waals surface area contributed by atoms with E-state index in [4.69, 9.17) is 9.47 Å². The molecule has 0 saturated heterocycles. The number of benzene rings is 2. The Morgan fingerprint density at radius 2 is 2.10 bits per heavy atom. The Kier molecular flexibility index (Phi) is 6.45. The van der Waals surface area contributed by atoms with Crippen LogP contribution in [0.15, 0.2) is 41.8 Å². The maximum atomic E-state index is 11.7. The monoisotopic (exact) mass is 421 g/mol. The molecule has 3 rings (SSSR count). The predicted octanol–water partition coefficient (Wildman–Crippen LogP) is 5.32. The molecule has 0 atom stereocenters. The molecule has 0 unspecified atom stereocenters. The third-order valence-corrected chi connectivity index (χ3v) is 5.38. The van der Waals surface area contributed by atoms with Gasteiger partial charge in [-0.15, -0.1) is 11.3 Å². The van der Waals surface area contributed by atoms with Crippen LogP contribution in [-0.2, 0) is 6.61 Å². The van der Waals surface area contributed by atoms with E-state index in [1.807, 2.05) is 43.5 Å². The third kappa shape index (κ3) is 4.64. The topological polar surface area (TPSA) is 98.3 Å². The lowest BCUT2D eigenvalue weighted by atomic mass is 10.1. The Bertz CT molecular complexity index is 1160. The molecule has 0 spiro atoms. The summed E-state index contributed by atoms with van der Waals surface area (Å²) in [5, 5.41) is 23.6. The molecule has 8 heteroatoms. The van der Waals surface area contributed by atoms with E-state index < -0.39 is 4.92 Å². The number of methoxy groups -OCH3 is 1. The SMILES string of the molecule is COc1cc(/C=C(/C#N)c2nc(C)cs2)cc([N+](=O)[O-])c1OCc1ccccc1C. The molecule has 1 aromatic heterocycles. The summed E-state index contributed by atoms with van der Waals surface area (Å²) < 4.78 is 11.2. The quantitative estimate of drug-likeness (QED) is 0.291. The van der Waals surface area contributed by atoms with Crippen molar-refractivity contribution in [1.82, 2.24) is 4.98 Å². The van der Waals surface area contributed by atoms with Crippen molar-refractivity contribution in [2.45, 2.75) is 20.5 Å². The fourth-order valence-corrected chi connectivity index (χ4v) is 3.60. The molecule has 0 aliphatic rings. The van der Waals surface area contributed by atoms with Gasteiger partial charge in [0.05, 0.1) is 17.6 Å². The highest BCUT2D eigenvalue weighted by Crippen LogP contribution is 2.40. The minimum absolute atomic E-state index is 0.0477. The van der Waals surface area contributed by atoms with E-state index in [0.29, 0.717) is 16.1 Å². The summed E-state index contributed by atoms with van der Waals surface area (Å²) in [7, 11) is 1.42. The zero-order valence-corrected chi connectivity index (χ0v) is 17.5. The number of nitro benzene ring substituents is 1. The normalized spacial score (nSPS) is 11.1. The van der Waals surface area contributed by atoms with Crippen LogP contribution in [0.5, 0.6) is 11.5 Å². The summed E-state index contributed by atoms with van der Waals surface area (Å²) in [6.45, 7) is 3.95. The van der Waals surface area contributed by atoms with Crippen molar-refractivity contribution in [3.8, 4) is 17.6 Å². The van der Waals surface area contributed by atoms with Gasteiger partial charge < -0.3 is 9.47 Å². The molecule has 0 amide bonds. The molecule has 2 aromatic carbocycles. The Hall–Kier alpha value is -3.70. The van der Waals surface area contributed by atoms with Gasteiger partial charge in [0.2, 0.25) is 5.75 Å². The summed E-state index contributed by atoms with van der Waals surface area (Å²) in [6.07, 6.45) is 1.55. The number of thiazole rings is 1. The number of hydrogen-bond donors (Lipinski definition) is 0. The highest BCUT2D eigenvalue weighted by Gasteiger charge is 2.23. The molecule has 0 bridgehead atoms. The van der Waals surface area contributed by atoms with Gasteiger partial charge in [-0.2, -0.15) is 5.26 Å². The Morgan fingerprint density at radius 3 is 2.70 bits per heavy atom. The molecule has 0 N–H and O–H groups in total. The van der Waals surface area contributed by atoms with Crippen LogP contribution in [0.1, 0.15) is 27.4 Å². The van der Waals surface area contributed by atoms with Crippen molar-refractivity contribution >= 4 is 28.7 Å². The second-order valence-corrected chi connectivity index (χ2v) is 7.37. The highest BCUT2D eigenvalue weighted by atomic mass is 32.1. The molecular weight excluding hydrogens is 402 g/mol. The molecule has 30 heavy (non-hydrogen) atoms. The average molecular weight is 421 g/mol. The number of ether oxygens (including phenoxy) is 2. The maximum absolute atomic E-state index is 11.7. The molecule has 3 aromatic rings. The number of aryl methyl sites for hydroxylation is 2. The van der Waals surface area contributed by atoms with Crippen LogP contribution in [0, 0.1) is 35.3 Å². The van der Waals surface area contributed by atoms with E-state index in [1.165, 1.54) is 24.5 Å². The number of allylic oxidation sites excluding steroid dienone is 1. The van der Waals surface area contributed by atoms with Crippen LogP contribution in [0.25, 0.3) is 11.6 Å². The molecule has 1 heterocycles. The first kappa shape index (κ1) is 21.0. The first-order valence-electron chi connectivity index (χ1n) is 9.01. The lowest BCUT2D eigenvalue weighted by molar-refractivity contribution is -0.386. The average Bonchev–Trinajstić information content (AvgIpc) is 3.17. The number of nitriles is 1. The zero-order chi connectivity index (χ0) is 21.7. The van der Waals surface area contributed by atoms with Crippen molar-refractivity contribution in [2.75, 3.05) is 7.11 Å². The highest BCUT2D eigenvalue weighted by molar-refractivity contribution is 7.11. The fourth-order valence-electron chi connectivity index (χ4n) is 2.83. The zero-order valence-electron chi connectivity index (χ0n) is 16.7. The van der Waals surface area contributed by atoms with Crippen LogP contribution in [0.2, 0.25) is 0 Å². The number of aromatic nitrogens is 1. The van der Waals surface area contributed by atoms with Gasteiger partial charge in [0.1, 0.15) is 17.7 Å². The van der Waals surface area contributed by atoms with E-state index in [-0.39, 0.29) is 23.8 Å². The standard InChI is InChI=1S/C22H19N3O4S/c1-14-6-4-5-7-17(14)12-29-21-19(25(26)27)9-16(10-20(21)28-3)8-18(11-23)22-24-15(2)13-30-22/h4-10,13H,12H2,1-3H3/b18-8-. The molecule has 0 fully saturated rings. The number of nitro groups is 1. The second-order valence-electron chi connectivity index (χ2n) is 6.51. The second kappa shape index (κ2) is 9.20. The van der Waals surface area contributed by atoms with Crippen LogP contribution < -0.4 is 9.47 Å². The van der Waals surface area contributed by atoms with Gasteiger partial charge in [-0.25, -0.2) is 4.98 Å². The van der Waals surface area contributed by atoms with Crippen molar-refractivity contribution in [3.05, 3.63) is 79.3 Å². The molecule has 0 radical (unpaired) electrons. The summed E-state index contributed by atoms with van der Waals surface area (Å²) in [6, 6.07) is 12.7. The molecule has 0 aliphatic carbocycles. The van der Waals surface area contributed by atoms with E-state index in [0.717, 1.165) is 16.8 Å². The van der Waals surface area contributed by atoms with Crippen molar-refractivity contribution in [2.24, 2.45) is 0 Å². The van der Waals surface area contributed by atoms with Crippen LogP contribution in [0.4, 0.5) is 5.69 Å². The number of nitrogens with zero attached hydrogens (tertiary/aromatic N) is 3. The van der Waals surface area contributed by atoms with Gasteiger partial charge in [0.15, 0.2) is 5.75 Å². The molecule has 7 nitrogen and oxygen atoms in total. The van der Waals surface area contributed by atoms with Gasteiger partial charge in [-0.05, 0) is 42.7 Å². The summed E-state index contributed by atoms with van der Waals surface area (Å²) in [5.74, 6) is 0.267. The van der Waals surface area contributed by atoms with Gasteiger partial charge in [0, 0.05) is 17.1 Å². The van der Waals surface area contributed by atoms with E-state index >= 15 is 0 Å². The van der Waals surface area contributed by atoms with Gasteiger partial charge in [-0.1, -0.05) is 24.3 Å². The minimum Gasteiger partial charge on any atom is -0.493 e. The summed E-state index contributed by atoms with van der Waals surface area (Å²) in [4.78, 5) is 15.5. The largest absolute Gasteiger partial charge is 0.493 e. The molecular formula is C22H19N3O4S. The smallest absolute Gasteiger partial charge is 0.315 e.